The number of hydrogen-bond donors (Lipinski definition) is 6. The molecular formula is C7H13FO8P2. The van der Waals surface area contributed by atoms with E-state index in [4.69, 9.17) is 38.5 Å². The van der Waals surface area contributed by atoms with Gasteiger partial charge in [-0.15, -0.1) is 0 Å². The van der Waals surface area contributed by atoms with Crippen molar-refractivity contribution in [1.82, 2.24) is 0 Å². The lowest BCUT2D eigenvalue weighted by atomic mass is 10.2. The van der Waals surface area contributed by atoms with Gasteiger partial charge >= 0.3 is 15.6 Å². The maximum Gasteiger partial charge on any atom is 0.466 e. The fourth-order valence-electron chi connectivity index (χ4n) is 0.533. The summed E-state index contributed by atoms with van der Waals surface area (Å²) in [5.41, 5.74) is 1.09. The molecule has 0 amide bonds. The monoisotopic (exact) mass is 306 g/mol. The zero-order chi connectivity index (χ0) is 15.0. The van der Waals surface area contributed by atoms with Gasteiger partial charge < -0.3 is 29.4 Å². The molecule has 0 heterocycles. The SMILES string of the molecule is Cc1ccc(F)cc1.O=P(O)(O)O.O=P(O)(O)O. The molecule has 0 radical (unpaired) electrons. The van der Waals surface area contributed by atoms with Crippen LogP contribution in [-0.2, 0) is 9.13 Å². The van der Waals surface area contributed by atoms with Crippen LogP contribution in [0.15, 0.2) is 24.3 Å². The first kappa shape index (κ1) is 19.7. The van der Waals surface area contributed by atoms with E-state index in [2.05, 4.69) is 0 Å². The van der Waals surface area contributed by atoms with Gasteiger partial charge in [0.05, 0.1) is 0 Å². The van der Waals surface area contributed by atoms with Gasteiger partial charge in [0.25, 0.3) is 0 Å². The standard InChI is InChI=1S/C7H7F.2H3O4P/c1-6-2-4-7(8)5-3-6;2*1-5(2,3)4/h2-5H,1H3;2*(H3,1,2,3,4). The van der Waals surface area contributed by atoms with Crippen LogP contribution >= 0.6 is 15.6 Å². The van der Waals surface area contributed by atoms with Gasteiger partial charge in [-0.1, -0.05) is 17.7 Å². The zero-order valence-corrected chi connectivity index (χ0v) is 10.9. The van der Waals surface area contributed by atoms with Crippen molar-refractivity contribution < 1.29 is 42.9 Å². The topological polar surface area (TPSA) is 156 Å². The van der Waals surface area contributed by atoms with Crippen LogP contribution in [0.3, 0.4) is 0 Å². The first-order valence-corrected chi connectivity index (χ1v) is 7.21. The zero-order valence-electron chi connectivity index (χ0n) is 9.08. The van der Waals surface area contributed by atoms with Gasteiger partial charge in [-0.25, -0.2) is 13.5 Å². The number of rotatable bonds is 0. The number of phosphoric acid groups is 2. The van der Waals surface area contributed by atoms with Crippen molar-refractivity contribution in [2.45, 2.75) is 6.92 Å². The number of aryl methyl sites for hydroxylation is 1. The van der Waals surface area contributed by atoms with E-state index >= 15 is 0 Å². The summed E-state index contributed by atoms with van der Waals surface area (Å²) >= 11 is 0. The minimum absolute atomic E-state index is 0.171. The summed E-state index contributed by atoms with van der Waals surface area (Å²) in [6.45, 7) is 1.93. The van der Waals surface area contributed by atoms with Crippen LogP contribution in [0.4, 0.5) is 4.39 Å². The van der Waals surface area contributed by atoms with E-state index in [1.165, 1.54) is 12.1 Å². The third kappa shape index (κ3) is 36.1. The van der Waals surface area contributed by atoms with Crippen LogP contribution in [0.5, 0.6) is 0 Å². The van der Waals surface area contributed by atoms with E-state index in [9.17, 15) is 4.39 Å². The Balaban J connectivity index is 0. The van der Waals surface area contributed by atoms with Crippen molar-refractivity contribution in [1.29, 1.82) is 0 Å². The summed E-state index contributed by atoms with van der Waals surface area (Å²) in [6.07, 6.45) is 0. The predicted molar refractivity (Wildman–Crippen MR) is 59.7 cm³/mol. The lowest BCUT2D eigenvalue weighted by Crippen LogP contribution is -1.71. The Morgan fingerprint density at radius 2 is 1.06 bits per heavy atom. The van der Waals surface area contributed by atoms with Gasteiger partial charge in [0.1, 0.15) is 5.82 Å². The minimum Gasteiger partial charge on any atom is -0.303 e. The van der Waals surface area contributed by atoms with Crippen molar-refractivity contribution in [2.75, 3.05) is 0 Å². The summed E-state index contributed by atoms with van der Waals surface area (Å²) in [5, 5.41) is 0. The Morgan fingerprint density at radius 3 is 1.22 bits per heavy atom. The Morgan fingerprint density at radius 1 is 0.833 bits per heavy atom. The number of benzene rings is 1. The lowest BCUT2D eigenvalue weighted by Gasteiger charge is -1.87. The lowest BCUT2D eigenvalue weighted by molar-refractivity contribution is 0.272. The Kier molecular flexibility index (Phi) is 9.27. The molecule has 0 unspecified atom stereocenters. The normalized spacial score (nSPS) is 10.7. The fourth-order valence-corrected chi connectivity index (χ4v) is 0.533. The molecule has 0 fully saturated rings. The maximum absolute atomic E-state index is 12.1. The summed E-state index contributed by atoms with van der Waals surface area (Å²) in [4.78, 5) is 43.1. The summed E-state index contributed by atoms with van der Waals surface area (Å²) in [7, 11) is -9.28. The van der Waals surface area contributed by atoms with Crippen LogP contribution in [0.2, 0.25) is 0 Å². The van der Waals surface area contributed by atoms with Crippen molar-refractivity contribution in [2.24, 2.45) is 0 Å². The molecule has 0 bridgehead atoms. The molecule has 0 spiro atoms. The van der Waals surface area contributed by atoms with E-state index in [0.717, 1.165) is 5.56 Å². The maximum atomic E-state index is 12.1. The molecule has 0 aliphatic rings. The second-order valence-electron chi connectivity index (χ2n) is 2.82. The van der Waals surface area contributed by atoms with Crippen LogP contribution < -0.4 is 0 Å². The molecule has 0 aliphatic heterocycles. The molecule has 0 aliphatic carbocycles. The van der Waals surface area contributed by atoms with Crippen LogP contribution in [0.25, 0.3) is 0 Å². The van der Waals surface area contributed by atoms with Crippen molar-refractivity contribution in [3.05, 3.63) is 35.6 Å². The van der Waals surface area contributed by atoms with E-state index in [0.29, 0.717) is 0 Å². The Labute approximate surface area is 102 Å². The minimum atomic E-state index is -4.64. The molecule has 106 valence electrons. The van der Waals surface area contributed by atoms with Gasteiger partial charge in [-0.05, 0) is 19.1 Å². The number of hydrogen-bond acceptors (Lipinski definition) is 2. The number of halogens is 1. The molecular weight excluding hydrogens is 293 g/mol. The molecule has 0 atom stereocenters. The smallest absolute Gasteiger partial charge is 0.303 e. The van der Waals surface area contributed by atoms with Gasteiger partial charge in [-0.3, -0.25) is 0 Å². The van der Waals surface area contributed by atoms with Crippen molar-refractivity contribution in [3.63, 3.8) is 0 Å². The highest BCUT2D eigenvalue weighted by Crippen LogP contribution is 2.26. The highest BCUT2D eigenvalue weighted by molar-refractivity contribution is 7.45. The molecule has 18 heavy (non-hydrogen) atoms. The van der Waals surface area contributed by atoms with E-state index in [1.807, 2.05) is 6.92 Å². The van der Waals surface area contributed by atoms with Crippen LogP contribution in [-0.4, -0.2) is 29.4 Å². The molecule has 1 rings (SSSR count). The first-order chi connectivity index (χ1) is 7.79. The van der Waals surface area contributed by atoms with Gasteiger partial charge in [-0.2, -0.15) is 0 Å². The van der Waals surface area contributed by atoms with E-state index in [-0.39, 0.29) is 5.82 Å². The third-order valence-corrected chi connectivity index (χ3v) is 1.01. The molecule has 6 N–H and O–H groups in total. The predicted octanol–water partition coefficient (Wildman–Crippen LogP) is 0.277. The molecule has 0 aromatic heterocycles. The molecule has 0 saturated carbocycles. The van der Waals surface area contributed by atoms with Crippen LogP contribution in [0, 0.1) is 12.7 Å². The third-order valence-electron chi connectivity index (χ3n) is 1.01. The summed E-state index contributed by atoms with van der Waals surface area (Å²) in [6, 6.07) is 6.40. The largest absolute Gasteiger partial charge is 0.466 e. The fraction of sp³-hybridized carbons (Fsp3) is 0.143. The summed E-state index contributed by atoms with van der Waals surface area (Å²) in [5.74, 6) is -0.171. The second-order valence-corrected chi connectivity index (χ2v) is 4.88. The highest BCUT2D eigenvalue weighted by Gasteiger charge is 2.00. The molecule has 1 aromatic carbocycles. The Bertz CT molecular complexity index is 364. The van der Waals surface area contributed by atoms with E-state index < -0.39 is 15.6 Å². The summed E-state index contributed by atoms with van der Waals surface area (Å²) < 4.78 is 29.9. The Hall–Kier alpha value is -0.630. The molecule has 8 nitrogen and oxygen atoms in total. The van der Waals surface area contributed by atoms with Gasteiger partial charge in [0, 0.05) is 0 Å². The van der Waals surface area contributed by atoms with E-state index in [1.54, 1.807) is 12.1 Å². The second kappa shape index (κ2) is 8.47. The van der Waals surface area contributed by atoms with Gasteiger partial charge in [0.15, 0.2) is 0 Å². The molecule has 0 saturated heterocycles. The molecule has 1 aromatic rings. The average Bonchev–Trinajstić information content (AvgIpc) is 2.04. The quantitative estimate of drug-likeness (QED) is 0.373. The van der Waals surface area contributed by atoms with Crippen molar-refractivity contribution in [3.8, 4) is 0 Å². The van der Waals surface area contributed by atoms with Gasteiger partial charge in [0.2, 0.25) is 0 Å². The van der Waals surface area contributed by atoms with Crippen LogP contribution in [0.1, 0.15) is 5.56 Å². The van der Waals surface area contributed by atoms with Crippen molar-refractivity contribution >= 4 is 15.6 Å². The highest BCUT2D eigenvalue weighted by atomic mass is 31.2. The molecule has 11 heteroatoms. The first-order valence-electron chi connectivity index (χ1n) is 4.08. The average molecular weight is 306 g/mol.